The van der Waals surface area contributed by atoms with Gasteiger partial charge in [-0.25, -0.2) is 0 Å². The highest BCUT2D eigenvalue weighted by molar-refractivity contribution is 6.15. The average molecular weight is 314 g/mol. The molecular weight excluding hydrogens is 288 g/mol. The first kappa shape index (κ1) is 16.0. The van der Waals surface area contributed by atoms with Gasteiger partial charge in [0.1, 0.15) is 11.5 Å². The minimum absolute atomic E-state index is 0.0627. The Kier molecular flexibility index (Phi) is 4.42. The van der Waals surface area contributed by atoms with Gasteiger partial charge in [-0.1, -0.05) is 27.2 Å². The van der Waals surface area contributed by atoms with E-state index in [-0.39, 0.29) is 17.4 Å². The summed E-state index contributed by atoms with van der Waals surface area (Å²) in [7, 11) is 0. The van der Waals surface area contributed by atoms with Crippen LogP contribution in [0.5, 0.6) is 5.75 Å². The third-order valence-corrected chi connectivity index (χ3v) is 4.74. The second-order valence-electron chi connectivity index (χ2n) is 7.45. The molecule has 1 aromatic rings. The van der Waals surface area contributed by atoms with E-state index in [0.717, 1.165) is 42.9 Å². The van der Waals surface area contributed by atoms with E-state index >= 15 is 0 Å². The topological polar surface area (TPSA) is 50.7 Å². The molecule has 0 bridgehead atoms. The number of ether oxygens (including phenoxy) is 1. The van der Waals surface area contributed by atoms with Crippen LogP contribution in [0.2, 0.25) is 0 Å². The van der Waals surface area contributed by atoms with Crippen molar-refractivity contribution >= 4 is 11.5 Å². The second kappa shape index (κ2) is 6.34. The molecule has 2 aliphatic rings. The maximum Gasteiger partial charge on any atom is 0.144 e. The lowest BCUT2D eigenvalue weighted by Gasteiger charge is -2.36. The van der Waals surface area contributed by atoms with Gasteiger partial charge in [0.25, 0.3) is 0 Å². The Balaban J connectivity index is 1.71. The van der Waals surface area contributed by atoms with Crippen molar-refractivity contribution in [3.05, 3.63) is 29.8 Å². The van der Waals surface area contributed by atoms with Gasteiger partial charge in [-0.15, -0.1) is 0 Å². The quantitative estimate of drug-likeness (QED) is 0.846. The van der Waals surface area contributed by atoms with Crippen molar-refractivity contribution in [2.45, 2.75) is 52.5 Å². The van der Waals surface area contributed by atoms with Crippen molar-refractivity contribution in [1.82, 2.24) is 5.43 Å². The number of carbonyl (C=O) groups excluding carboxylic acids is 1. The molecule has 0 spiro atoms. The molecule has 0 amide bonds. The number of nitrogens with one attached hydrogen (secondary N) is 1. The maximum absolute atomic E-state index is 12.6. The lowest BCUT2D eigenvalue weighted by Crippen LogP contribution is -2.45. The van der Waals surface area contributed by atoms with Crippen LogP contribution < -0.4 is 10.2 Å². The van der Waals surface area contributed by atoms with E-state index in [1.807, 2.05) is 24.3 Å². The molecule has 1 aromatic carbocycles. The molecule has 0 aromatic heterocycles. The smallest absolute Gasteiger partial charge is 0.144 e. The number of carbonyl (C=O) groups is 1. The molecular formula is C19H26N2O2. The van der Waals surface area contributed by atoms with Crippen LogP contribution in [0.15, 0.2) is 29.4 Å². The van der Waals surface area contributed by atoms with Crippen molar-refractivity contribution in [3.63, 3.8) is 0 Å². The molecule has 4 nitrogen and oxygen atoms in total. The molecule has 1 heterocycles. The number of Topliss-reactive ketones (excluding diaryl/α,β-unsaturated/α-hetero) is 1. The summed E-state index contributed by atoms with van der Waals surface area (Å²) in [5.74, 6) is 1.08. The lowest BCUT2D eigenvalue weighted by molar-refractivity contribution is -0.126. The van der Waals surface area contributed by atoms with E-state index in [9.17, 15) is 4.79 Å². The SMILES string of the molecule is CCCCOc1ccc(C2=NNC3CC(C)(C)CC(=O)C23)cc1. The number of hydrogen-bond donors (Lipinski definition) is 1. The molecule has 124 valence electrons. The number of hydrazone groups is 1. The molecule has 0 saturated heterocycles. The zero-order valence-electron chi connectivity index (χ0n) is 14.3. The standard InChI is InChI=1S/C19H26N2O2/c1-4-5-10-23-14-8-6-13(7-9-14)18-17-15(20-21-18)11-19(2,3)12-16(17)22/h6-9,15,17,20H,4-5,10-12H2,1-3H3. The number of ketones is 1. The molecule has 2 atom stereocenters. The van der Waals surface area contributed by atoms with Gasteiger partial charge in [0.05, 0.1) is 24.3 Å². The summed E-state index contributed by atoms with van der Waals surface area (Å²) in [6, 6.07) is 8.10. The van der Waals surface area contributed by atoms with Crippen molar-refractivity contribution in [2.24, 2.45) is 16.4 Å². The number of rotatable bonds is 5. The van der Waals surface area contributed by atoms with Gasteiger partial charge in [-0.2, -0.15) is 5.10 Å². The highest BCUT2D eigenvalue weighted by Gasteiger charge is 2.46. The first-order valence-electron chi connectivity index (χ1n) is 8.59. The van der Waals surface area contributed by atoms with E-state index in [0.29, 0.717) is 12.2 Å². The summed E-state index contributed by atoms with van der Waals surface area (Å²) in [6.45, 7) is 7.21. The molecule has 4 heteroatoms. The minimum Gasteiger partial charge on any atom is -0.494 e. The van der Waals surface area contributed by atoms with Crippen LogP contribution in [0.4, 0.5) is 0 Å². The largest absolute Gasteiger partial charge is 0.494 e. The Bertz CT molecular complexity index is 604. The summed E-state index contributed by atoms with van der Waals surface area (Å²) >= 11 is 0. The van der Waals surface area contributed by atoms with Crippen LogP contribution in [0, 0.1) is 11.3 Å². The van der Waals surface area contributed by atoms with Crippen molar-refractivity contribution in [2.75, 3.05) is 6.61 Å². The van der Waals surface area contributed by atoms with Crippen molar-refractivity contribution in [1.29, 1.82) is 0 Å². The Morgan fingerprint density at radius 3 is 2.74 bits per heavy atom. The number of hydrogen-bond acceptors (Lipinski definition) is 4. The predicted molar refractivity (Wildman–Crippen MR) is 91.8 cm³/mol. The van der Waals surface area contributed by atoms with Gasteiger partial charge < -0.3 is 10.2 Å². The van der Waals surface area contributed by atoms with Crippen LogP contribution in [0.25, 0.3) is 0 Å². The summed E-state index contributed by atoms with van der Waals surface area (Å²) in [5, 5.41) is 4.48. The molecule has 0 radical (unpaired) electrons. The first-order chi connectivity index (χ1) is 11.0. The Labute approximate surface area is 138 Å². The van der Waals surface area contributed by atoms with Crippen LogP contribution >= 0.6 is 0 Å². The van der Waals surface area contributed by atoms with Gasteiger partial charge in [0, 0.05) is 6.42 Å². The van der Waals surface area contributed by atoms with E-state index in [1.165, 1.54) is 0 Å². The van der Waals surface area contributed by atoms with Crippen LogP contribution in [-0.4, -0.2) is 24.1 Å². The van der Waals surface area contributed by atoms with Gasteiger partial charge in [-0.3, -0.25) is 4.79 Å². The van der Waals surface area contributed by atoms with E-state index in [4.69, 9.17) is 4.74 Å². The molecule has 23 heavy (non-hydrogen) atoms. The zero-order chi connectivity index (χ0) is 16.4. The molecule has 1 aliphatic heterocycles. The normalized spacial score (nSPS) is 25.5. The van der Waals surface area contributed by atoms with Crippen molar-refractivity contribution < 1.29 is 9.53 Å². The average Bonchev–Trinajstić information content (AvgIpc) is 2.91. The molecule has 1 N–H and O–H groups in total. The Hall–Kier alpha value is -1.84. The van der Waals surface area contributed by atoms with Crippen molar-refractivity contribution in [3.8, 4) is 5.75 Å². The lowest BCUT2D eigenvalue weighted by atomic mass is 9.68. The number of unbranched alkanes of at least 4 members (excludes halogenated alkanes) is 1. The number of benzene rings is 1. The minimum atomic E-state index is -0.102. The fourth-order valence-corrected chi connectivity index (χ4v) is 3.58. The molecule has 1 fully saturated rings. The number of nitrogens with zero attached hydrogens (tertiary/aromatic N) is 1. The number of fused-ring (bicyclic) bond motifs is 1. The summed E-state index contributed by atoms with van der Waals surface area (Å²) in [4.78, 5) is 12.6. The molecule has 3 rings (SSSR count). The highest BCUT2D eigenvalue weighted by atomic mass is 16.5. The van der Waals surface area contributed by atoms with E-state index in [2.05, 4.69) is 31.3 Å². The Morgan fingerprint density at radius 2 is 2.04 bits per heavy atom. The van der Waals surface area contributed by atoms with Crippen LogP contribution in [0.1, 0.15) is 52.0 Å². The third kappa shape index (κ3) is 3.41. The fraction of sp³-hybridized carbons (Fsp3) is 0.579. The van der Waals surface area contributed by atoms with Gasteiger partial charge in [0.2, 0.25) is 0 Å². The van der Waals surface area contributed by atoms with Crippen LogP contribution in [-0.2, 0) is 4.79 Å². The molecule has 2 unspecified atom stereocenters. The summed E-state index contributed by atoms with van der Waals surface area (Å²) < 4.78 is 5.70. The third-order valence-electron chi connectivity index (χ3n) is 4.74. The fourth-order valence-electron chi connectivity index (χ4n) is 3.58. The van der Waals surface area contributed by atoms with Gasteiger partial charge in [-0.05, 0) is 48.1 Å². The second-order valence-corrected chi connectivity index (χ2v) is 7.45. The van der Waals surface area contributed by atoms with Gasteiger partial charge >= 0.3 is 0 Å². The Morgan fingerprint density at radius 1 is 1.30 bits per heavy atom. The predicted octanol–water partition coefficient (Wildman–Crippen LogP) is 3.55. The van der Waals surface area contributed by atoms with E-state index in [1.54, 1.807) is 0 Å². The molecule has 1 aliphatic carbocycles. The van der Waals surface area contributed by atoms with Crippen LogP contribution in [0.3, 0.4) is 0 Å². The first-order valence-corrected chi connectivity index (χ1v) is 8.59. The summed E-state index contributed by atoms with van der Waals surface area (Å²) in [6.07, 6.45) is 3.80. The zero-order valence-corrected chi connectivity index (χ0v) is 14.3. The van der Waals surface area contributed by atoms with Gasteiger partial charge in [0.15, 0.2) is 0 Å². The summed E-state index contributed by atoms with van der Waals surface area (Å²) in [5.41, 5.74) is 5.15. The van der Waals surface area contributed by atoms with E-state index < -0.39 is 0 Å². The monoisotopic (exact) mass is 314 g/mol. The highest BCUT2D eigenvalue weighted by Crippen LogP contribution is 2.39. The molecule has 1 saturated carbocycles. The maximum atomic E-state index is 12.6.